The van der Waals surface area contributed by atoms with E-state index < -0.39 is 11.7 Å². The highest BCUT2D eigenvalue weighted by molar-refractivity contribution is 7.10. The van der Waals surface area contributed by atoms with Gasteiger partial charge in [-0.25, -0.2) is 4.79 Å². The fourth-order valence-electron chi connectivity index (χ4n) is 1.74. The fraction of sp³-hybridized carbons (Fsp3) is 0.600. The summed E-state index contributed by atoms with van der Waals surface area (Å²) in [5.41, 5.74) is 0.333. The molecule has 0 bridgehead atoms. The molecule has 1 aromatic rings. The number of nitrogens with one attached hydrogen (secondary N) is 3. The zero-order valence-corrected chi connectivity index (χ0v) is 14.6. The van der Waals surface area contributed by atoms with Crippen LogP contribution in [0.2, 0.25) is 0 Å². The Kier molecular flexibility index (Phi) is 6.83. The molecule has 7 heteroatoms. The van der Waals surface area contributed by atoms with Gasteiger partial charge in [0.05, 0.1) is 5.69 Å². The number of thiophene rings is 1. The van der Waals surface area contributed by atoms with E-state index in [1.165, 1.54) is 6.92 Å². The van der Waals surface area contributed by atoms with Crippen molar-refractivity contribution in [2.24, 2.45) is 0 Å². The van der Waals surface area contributed by atoms with E-state index in [9.17, 15) is 9.59 Å². The van der Waals surface area contributed by atoms with Gasteiger partial charge in [-0.2, -0.15) is 0 Å². The standard InChI is InChI=1S/C15H25N3O3S/c1-10(17-14(20)21-15(3,4)5)8-16-9-13-12(6-7-22-13)18-11(2)19/h6-7,10,16H,8-9H2,1-5H3,(H,17,20)(H,18,19). The minimum Gasteiger partial charge on any atom is -0.444 e. The van der Waals surface area contributed by atoms with E-state index in [1.54, 1.807) is 11.3 Å². The number of amides is 2. The summed E-state index contributed by atoms with van der Waals surface area (Å²) < 4.78 is 5.20. The lowest BCUT2D eigenvalue weighted by molar-refractivity contribution is -0.114. The van der Waals surface area contributed by atoms with Crippen LogP contribution in [0.25, 0.3) is 0 Å². The summed E-state index contributed by atoms with van der Waals surface area (Å²) in [4.78, 5) is 23.8. The number of carbonyl (C=O) groups excluding carboxylic acids is 2. The minimum atomic E-state index is -0.499. The minimum absolute atomic E-state index is 0.0565. The van der Waals surface area contributed by atoms with Gasteiger partial charge in [0.2, 0.25) is 5.91 Å². The molecule has 1 unspecified atom stereocenters. The molecule has 1 atom stereocenters. The molecule has 0 saturated heterocycles. The number of anilines is 1. The van der Waals surface area contributed by atoms with Gasteiger partial charge in [-0.3, -0.25) is 4.79 Å². The zero-order valence-electron chi connectivity index (χ0n) is 13.8. The van der Waals surface area contributed by atoms with Crippen LogP contribution in [0.4, 0.5) is 10.5 Å². The maximum atomic E-state index is 11.6. The number of carbonyl (C=O) groups is 2. The highest BCUT2D eigenvalue weighted by atomic mass is 32.1. The van der Waals surface area contributed by atoms with Gasteiger partial charge in [0.15, 0.2) is 0 Å². The maximum absolute atomic E-state index is 11.6. The second kappa shape index (κ2) is 8.14. The Bertz CT molecular complexity index is 508. The van der Waals surface area contributed by atoms with Crippen molar-refractivity contribution in [2.45, 2.75) is 52.8 Å². The summed E-state index contributed by atoms with van der Waals surface area (Å²) in [7, 11) is 0. The van der Waals surface area contributed by atoms with Crippen molar-refractivity contribution < 1.29 is 14.3 Å². The van der Waals surface area contributed by atoms with Crippen molar-refractivity contribution in [2.75, 3.05) is 11.9 Å². The van der Waals surface area contributed by atoms with Crippen molar-refractivity contribution in [3.63, 3.8) is 0 Å². The lowest BCUT2D eigenvalue weighted by atomic mass is 10.2. The van der Waals surface area contributed by atoms with Gasteiger partial charge in [0.25, 0.3) is 0 Å². The predicted molar refractivity (Wildman–Crippen MR) is 89.2 cm³/mol. The third kappa shape index (κ3) is 7.42. The van der Waals surface area contributed by atoms with E-state index >= 15 is 0 Å². The number of hydrogen-bond acceptors (Lipinski definition) is 5. The first kappa shape index (κ1) is 18.4. The second-order valence-electron chi connectivity index (χ2n) is 6.12. The molecule has 0 aliphatic rings. The molecular weight excluding hydrogens is 302 g/mol. The third-order valence-corrected chi connectivity index (χ3v) is 3.48. The zero-order chi connectivity index (χ0) is 16.8. The molecule has 6 nitrogen and oxygen atoms in total. The lowest BCUT2D eigenvalue weighted by Crippen LogP contribution is -2.42. The molecule has 0 fully saturated rings. The summed E-state index contributed by atoms with van der Waals surface area (Å²) in [5.74, 6) is -0.0837. The van der Waals surface area contributed by atoms with Gasteiger partial charge < -0.3 is 20.7 Å². The summed E-state index contributed by atoms with van der Waals surface area (Å²) in [5, 5.41) is 10.8. The highest BCUT2D eigenvalue weighted by Crippen LogP contribution is 2.21. The van der Waals surface area contributed by atoms with Crippen molar-refractivity contribution in [1.29, 1.82) is 0 Å². The monoisotopic (exact) mass is 327 g/mol. The highest BCUT2D eigenvalue weighted by Gasteiger charge is 2.17. The third-order valence-electron chi connectivity index (χ3n) is 2.56. The summed E-state index contributed by atoms with van der Waals surface area (Å²) in [6.45, 7) is 10.1. The molecule has 0 aromatic carbocycles. The first-order valence-corrected chi connectivity index (χ1v) is 8.09. The molecule has 124 valence electrons. The maximum Gasteiger partial charge on any atom is 0.407 e. The van der Waals surface area contributed by atoms with Crippen LogP contribution in [-0.4, -0.2) is 30.2 Å². The number of rotatable bonds is 6. The second-order valence-corrected chi connectivity index (χ2v) is 7.12. The molecule has 0 spiro atoms. The van der Waals surface area contributed by atoms with Gasteiger partial charge in [-0.05, 0) is 39.1 Å². The van der Waals surface area contributed by atoms with Crippen LogP contribution >= 0.6 is 11.3 Å². The Morgan fingerprint density at radius 1 is 1.36 bits per heavy atom. The molecule has 1 aromatic heterocycles. The Balaban J connectivity index is 2.33. The van der Waals surface area contributed by atoms with Crippen LogP contribution < -0.4 is 16.0 Å². The van der Waals surface area contributed by atoms with Crippen molar-refractivity contribution in [1.82, 2.24) is 10.6 Å². The topological polar surface area (TPSA) is 79.5 Å². The first-order valence-electron chi connectivity index (χ1n) is 7.21. The van der Waals surface area contributed by atoms with E-state index in [0.717, 1.165) is 10.6 Å². The van der Waals surface area contributed by atoms with Crippen LogP contribution in [0.1, 0.15) is 39.5 Å². The summed E-state index contributed by atoms with van der Waals surface area (Å²) in [6, 6.07) is 1.82. The first-order chi connectivity index (χ1) is 10.2. The van der Waals surface area contributed by atoms with Gasteiger partial charge in [0, 0.05) is 30.9 Å². The van der Waals surface area contributed by atoms with E-state index in [4.69, 9.17) is 4.74 Å². The Labute approximate surface area is 135 Å². The van der Waals surface area contributed by atoms with Crippen molar-refractivity contribution >= 4 is 29.0 Å². The molecule has 1 heterocycles. The molecule has 0 aliphatic heterocycles. The largest absolute Gasteiger partial charge is 0.444 e. The molecule has 2 amide bonds. The summed E-state index contributed by atoms with van der Waals surface area (Å²) >= 11 is 1.58. The Morgan fingerprint density at radius 3 is 2.64 bits per heavy atom. The Morgan fingerprint density at radius 2 is 2.05 bits per heavy atom. The Hall–Kier alpha value is -1.60. The smallest absolute Gasteiger partial charge is 0.407 e. The van der Waals surface area contributed by atoms with Gasteiger partial charge in [-0.15, -0.1) is 11.3 Å². The lowest BCUT2D eigenvalue weighted by Gasteiger charge is -2.22. The molecule has 0 saturated carbocycles. The molecule has 0 radical (unpaired) electrons. The normalized spacial score (nSPS) is 12.6. The molecule has 1 rings (SSSR count). The molecule has 3 N–H and O–H groups in total. The van der Waals surface area contributed by atoms with Crippen LogP contribution in [0.3, 0.4) is 0 Å². The van der Waals surface area contributed by atoms with Gasteiger partial charge >= 0.3 is 6.09 Å². The van der Waals surface area contributed by atoms with Crippen molar-refractivity contribution in [3.05, 3.63) is 16.3 Å². The van der Waals surface area contributed by atoms with Crippen LogP contribution in [0, 0.1) is 0 Å². The van der Waals surface area contributed by atoms with Crippen LogP contribution in [0.15, 0.2) is 11.4 Å². The van der Waals surface area contributed by atoms with Crippen molar-refractivity contribution in [3.8, 4) is 0 Å². The van der Waals surface area contributed by atoms with E-state index in [2.05, 4.69) is 16.0 Å². The summed E-state index contributed by atoms with van der Waals surface area (Å²) in [6.07, 6.45) is -0.420. The predicted octanol–water partition coefficient (Wildman–Crippen LogP) is 2.71. The quantitative estimate of drug-likeness (QED) is 0.750. The fourth-order valence-corrected chi connectivity index (χ4v) is 2.54. The van der Waals surface area contributed by atoms with Gasteiger partial charge in [-0.1, -0.05) is 0 Å². The van der Waals surface area contributed by atoms with E-state index in [1.807, 2.05) is 39.1 Å². The number of hydrogen-bond donors (Lipinski definition) is 3. The van der Waals surface area contributed by atoms with Crippen LogP contribution in [0.5, 0.6) is 0 Å². The average molecular weight is 327 g/mol. The van der Waals surface area contributed by atoms with E-state index in [0.29, 0.717) is 13.1 Å². The molecule has 0 aliphatic carbocycles. The molecule has 22 heavy (non-hydrogen) atoms. The number of ether oxygens (including phenoxy) is 1. The van der Waals surface area contributed by atoms with E-state index in [-0.39, 0.29) is 11.9 Å². The number of alkyl carbamates (subject to hydrolysis) is 1. The molecular formula is C15H25N3O3S. The van der Waals surface area contributed by atoms with Crippen LogP contribution in [-0.2, 0) is 16.1 Å². The SMILES string of the molecule is CC(=O)Nc1ccsc1CNCC(C)NC(=O)OC(C)(C)C. The van der Waals surface area contributed by atoms with Gasteiger partial charge in [0.1, 0.15) is 5.60 Å². The average Bonchev–Trinajstić information content (AvgIpc) is 2.73.